The van der Waals surface area contributed by atoms with Gasteiger partial charge in [0.05, 0.1) is 6.61 Å². The second kappa shape index (κ2) is 5.58. The van der Waals surface area contributed by atoms with Crippen LogP contribution in [-0.2, 0) is 11.3 Å². The van der Waals surface area contributed by atoms with Crippen molar-refractivity contribution in [1.29, 1.82) is 0 Å². The van der Waals surface area contributed by atoms with E-state index in [1.807, 2.05) is 29.2 Å². The summed E-state index contributed by atoms with van der Waals surface area (Å²) >= 11 is 0. The third-order valence-electron chi connectivity index (χ3n) is 4.80. The van der Waals surface area contributed by atoms with Crippen LogP contribution in [0.5, 0.6) is 0 Å². The number of ether oxygens (including phenoxy) is 1. The van der Waals surface area contributed by atoms with Gasteiger partial charge < -0.3 is 9.64 Å². The Bertz CT molecular complexity index is 683. The van der Waals surface area contributed by atoms with E-state index < -0.39 is 0 Å². The van der Waals surface area contributed by atoms with E-state index >= 15 is 0 Å². The predicted octanol–water partition coefficient (Wildman–Crippen LogP) is 3.22. The lowest BCUT2D eigenvalue weighted by atomic mass is 9.87. The highest BCUT2D eigenvalue weighted by atomic mass is 16.5. The van der Waals surface area contributed by atoms with E-state index in [2.05, 4.69) is 30.3 Å². The van der Waals surface area contributed by atoms with Crippen molar-refractivity contribution in [2.45, 2.75) is 24.9 Å². The molecule has 2 aromatic rings. The van der Waals surface area contributed by atoms with Crippen LogP contribution in [0.2, 0.25) is 0 Å². The fourth-order valence-electron chi connectivity index (χ4n) is 3.66. The summed E-state index contributed by atoms with van der Waals surface area (Å²) in [5, 5.41) is 0. The van der Waals surface area contributed by atoms with Gasteiger partial charge in [-0.05, 0) is 23.6 Å². The molecule has 2 aromatic carbocycles. The van der Waals surface area contributed by atoms with Crippen LogP contribution in [0, 0.1) is 0 Å². The van der Waals surface area contributed by atoms with Crippen molar-refractivity contribution in [3.05, 3.63) is 71.3 Å². The lowest BCUT2D eigenvalue weighted by Gasteiger charge is -2.38. The van der Waals surface area contributed by atoms with E-state index in [4.69, 9.17) is 4.74 Å². The summed E-state index contributed by atoms with van der Waals surface area (Å²) in [5.41, 5.74) is 3.27. The normalized spacial score (nSPS) is 24.4. The van der Waals surface area contributed by atoms with E-state index in [1.165, 1.54) is 5.56 Å². The summed E-state index contributed by atoms with van der Waals surface area (Å²) in [4.78, 5) is 14.8. The van der Waals surface area contributed by atoms with Crippen LogP contribution in [-0.4, -0.2) is 30.1 Å². The van der Waals surface area contributed by atoms with Crippen molar-refractivity contribution < 1.29 is 9.53 Å². The molecule has 3 nitrogen and oxygen atoms in total. The zero-order valence-electron chi connectivity index (χ0n) is 12.4. The maximum atomic E-state index is 12.8. The molecule has 112 valence electrons. The van der Waals surface area contributed by atoms with Gasteiger partial charge in [-0.1, -0.05) is 48.5 Å². The molecule has 0 radical (unpaired) electrons. The molecule has 1 amide bonds. The summed E-state index contributed by atoms with van der Waals surface area (Å²) < 4.78 is 5.70. The number of nitrogens with zero attached hydrogens (tertiary/aromatic N) is 1. The Morgan fingerprint density at radius 3 is 2.59 bits per heavy atom. The van der Waals surface area contributed by atoms with Crippen LogP contribution in [0.25, 0.3) is 0 Å². The highest BCUT2D eigenvalue weighted by Gasteiger charge is 2.38. The number of carbonyl (C=O) groups is 1. The van der Waals surface area contributed by atoms with Gasteiger partial charge in [-0.15, -0.1) is 0 Å². The first-order valence-electron chi connectivity index (χ1n) is 7.86. The van der Waals surface area contributed by atoms with E-state index in [0.717, 1.165) is 30.7 Å². The number of fused-ring (bicyclic) bond motifs is 1. The van der Waals surface area contributed by atoms with Gasteiger partial charge in [0.15, 0.2) is 0 Å². The molecule has 0 aromatic heterocycles. The summed E-state index contributed by atoms with van der Waals surface area (Å²) in [6.07, 6.45) is 0.902. The molecule has 1 fully saturated rings. The number of carbonyl (C=O) groups excluding carboxylic acids is 1. The molecule has 4 rings (SSSR count). The minimum Gasteiger partial charge on any atom is -0.381 e. The van der Waals surface area contributed by atoms with Crippen molar-refractivity contribution >= 4 is 5.91 Å². The average Bonchev–Trinajstić information content (AvgIpc) is 2.93. The van der Waals surface area contributed by atoms with Gasteiger partial charge in [0.1, 0.15) is 0 Å². The lowest BCUT2D eigenvalue weighted by molar-refractivity contribution is 0.0161. The van der Waals surface area contributed by atoms with E-state index in [1.54, 1.807) is 0 Å². The lowest BCUT2D eigenvalue weighted by Crippen LogP contribution is -2.44. The summed E-state index contributed by atoms with van der Waals surface area (Å²) in [7, 11) is 0. The Morgan fingerprint density at radius 2 is 1.77 bits per heavy atom. The van der Waals surface area contributed by atoms with E-state index in [0.29, 0.717) is 6.61 Å². The standard InChI is InChI=1S/C19H19NO2/c21-19-16-9-5-4-8-15(16)12-20(19)18-10-11-22-13-17(18)14-6-2-1-3-7-14/h1-9,17-18H,10-13H2/t17-,18+/m0/s1. The first kappa shape index (κ1) is 13.5. The van der Waals surface area contributed by atoms with Crippen LogP contribution in [0.3, 0.4) is 0 Å². The van der Waals surface area contributed by atoms with Gasteiger partial charge in [-0.3, -0.25) is 4.79 Å². The first-order chi connectivity index (χ1) is 10.8. The zero-order chi connectivity index (χ0) is 14.9. The Kier molecular flexibility index (Phi) is 3.43. The minimum atomic E-state index is 0.170. The Hall–Kier alpha value is -2.13. The maximum Gasteiger partial charge on any atom is 0.254 e. The van der Waals surface area contributed by atoms with Crippen molar-refractivity contribution in [3.63, 3.8) is 0 Å². The highest BCUT2D eigenvalue weighted by molar-refractivity contribution is 5.98. The molecule has 0 spiro atoms. The van der Waals surface area contributed by atoms with Gasteiger partial charge in [0.25, 0.3) is 5.91 Å². The summed E-state index contributed by atoms with van der Waals surface area (Å²) in [5.74, 6) is 0.427. The Morgan fingerprint density at radius 1 is 1.00 bits per heavy atom. The molecule has 2 heterocycles. The smallest absolute Gasteiger partial charge is 0.254 e. The molecule has 2 aliphatic rings. The summed E-state index contributed by atoms with van der Waals surface area (Å²) in [6, 6.07) is 18.6. The number of hydrogen-bond donors (Lipinski definition) is 0. The second-order valence-electron chi connectivity index (χ2n) is 6.04. The molecule has 0 saturated carbocycles. The number of hydrogen-bond acceptors (Lipinski definition) is 2. The molecule has 2 aliphatic heterocycles. The zero-order valence-corrected chi connectivity index (χ0v) is 12.4. The molecular formula is C19H19NO2. The van der Waals surface area contributed by atoms with Crippen molar-refractivity contribution in [1.82, 2.24) is 4.90 Å². The molecule has 0 unspecified atom stereocenters. The quantitative estimate of drug-likeness (QED) is 0.851. The number of benzene rings is 2. The minimum absolute atomic E-state index is 0.170. The Balaban J connectivity index is 1.65. The third kappa shape index (κ3) is 2.22. The van der Waals surface area contributed by atoms with Crippen LogP contribution in [0.4, 0.5) is 0 Å². The number of rotatable bonds is 2. The average molecular weight is 293 g/mol. The van der Waals surface area contributed by atoms with Gasteiger partial charge in [0, 0.05) is 30.7 Å². The fourth-order valence-corrected chi connectivity index (χ4v) is 3.66. The topological polar surface area (TPSA) is 29.5 Å². The molecule has 0 aliphatic carbocycles. The maximum absolute atomic E-state index is 12.8. The second-order valence-corrected chi connectivity index (χ2v) is 6.04. The van der Waals surface area contributed by atoms with E-state index in [-0.39, 0.29) is 17.9 Å². The van der Waals surface area contributed by atoms with Crippen molar-refractivity contribution in [3.8, 4) is 0 Å². The van der Waals surface area contributed by atoms with Crippen molar-refractivity contribution in [2.24, 2.45) is 0 Å². The molecule has 0 N–H and O–H groups in total. The molecule has 3 heteroatoms. The van der Waals surface area contributed by atoms with Crippen LogP contribution < -0.4 is 0 Å². The van der Waals surface area contributed by atoms with Crippen LogP contribution in [0.1, 0.15) is 33.8 Å². The highest BCUT2D eigenvalue weighted by Crippen LogP contribution is 2.34. The SMILES string of the molecule is O=C1c2ccccc2CN1[C@@H]1CCOC[C@H]1c1ccccc1. The Labute approximate surface area is 130 Å². The van der Waals surface area contributed by atoms with Gasteiger partial charge in [-0.2, -0.15) is 0 Å². The van der Waals surface area contributed by atoms with E-state index in [9.17, 15) is 4.79 Å². The third-order valence-corrected chi connectivity index (χ3v) is 4.80. The number of amides is 1. The molecule has 2 atom stereocenters. The molecule has 0 bridgehead atoms. The van der Waals surface area contributed by atoms with Gasteiger partial charge in [0.2, 0.25) is 0 Å². The van der Waals surface area contributed by atoms with Gasteiger partial charge >= 0.3 is 0 Å². The molecule has 1 saturated heterocycles. The van der Waals surface area contributed by atoms with Gasteiger partial charge in [-0.25, -0.2) is 0 Å². The van der Waals surface area contributed by atoms with Crippen LogP contribution in [0.15, 0.2) is 54.6 Å². The molecular weight excluding hydrogens is 274 g/mol. The largest absolute Gasteiger partial charge is 0.381 e. The summed E-state index contributed by atoms with van der Waals surface area (Å²) in [6.45, 7) is 2.14. The fraction of sp³-hybridized carbons (Fsp3) is 0.316. The monoisotopic (exact) mass is 293 g/mol. The molecule has 22 heavy (non-hydrogen) atoms. The van der Waals surface area contributed by atoms with Crippen LogP contribution >= 0.6 is 0 Å². The van der Waals surface area contributed by atoms with Crippen molar-refractivity contribution in [2.75, 3.05) is 13.2 Å². The first-order valence-corrected chi connectivity index (χ1v) is 7.86. The predicted molar refractivity (Wildman–Crippen MR) is 84.7 cm³/mol.